The first kappa shape index (κ1) is 17.5. The molecule has 0 fully saturated rings. The van der Waals surface area contributed by atoms with E-state index in [2.05, 4.69) is 10.6 Å². The zero-order valence-electron chi connectivity index (χ0n) is 14.1. The van der Waals surface area contributed by atoms with Gasteiger partial charge in [0.1, 0.15) is 5.75 Å². The molecule has 2 amide bonds. The van der Waals surface area contributed by atoms with Gasteiger partial charge in [-0.05, 0) is 61.9 Å². The quantitative estimate of drug-likeness (QED) is 0.854. The molecular formula is C19H22N2O3. The molecular weight excluding hydrogens is 304 g/mol. The molecule has 0 spiro atoms. The van der Waals surface area contributed by atoms with Crippen LogP contribution in [0.15, 0.2) is 48.5 Å². The standard InChI is InChI=1S/C19H22N2O3/c1-4-13(2)20-18(22)14-5-9-16(10-6-14)21-19(23)15-7-11-17(24-3)12-8-15/h5-13H,4H2,1-3H3,(H,20,22)(H,21,23). The van der Waals surface area contributed by atoms with Crippen LogP contribution in [0.3, 0.4) is 0 Å². The lowest BCUT2D eigenvalue weighted by atomic mass is 10.1. The van der Waals surface area contributed by atoms with E-state index in [0.29, 0.717) is 22.6 Å². The zero-order chi connectivity index (χ0) is 17.5. The van der Waals surface area contributed by atoms with Crippen molar-refractivity contribution in [1.29, 1.82) is 0 Å². The van der Waals surface area contributed by atoms with Crippen LogP contribution in [0.4, 0.5) is 5.69 Å². The maximum atomic E-state index is 12.2. The summed E-state index contributed by atoms with van der Waals surface area (Å²) in [5.74, 6) is 0.370. The minimum Gasteiger partial charge on any atom is -0.497 e. The molecule has 5 heteroatoms. The number of nitrogens with one attached hydrogen (secondary N) is 2. The predicted octanol–water partition coefficient (Wildman–Crippen LogP) is 3.48. The SMILES string of the molecule is CCC(C)NC(=O)c1ccc(NC(=O)c2ccc(OC)cc2)cc1. The van der Waals surface area contributed by atoms with Crippen LogP contribution in [-0.2, 0) is 0 Å². The summed E-state index contributed by atoms with van der Waals surface area (Å²) in [5, 5.41) is 5.71. The van der Waals surface area contributed by atoms with E-state index in [1.807, 2.05) is 13.8 Å². The summed E-state index contributed by atoms with van der Waals surface area (Å²) in [6.45, 7) is 3.98. The molecule has 2 N–H and O–H groups in total. The molecule has 24 heavy (non-hydrogen) atoms. The molecule has 0 bridgehead atoms. The van der Waals surface area contributed by atoms with Gasteiger partial charge in [-0.3, -0.25) is 9.59 Å². The molecule has 5 nitrogen and oxygen atoms in total. The number of ether oxygens (including phenoxy) is 1. The Hall–Kier alpha value is -2.82. The first-order valence-electron chi connectivity index (χ1n) is 7.89. The van der Waals surface area contributed by atoms with Crippen molar-refractivity contribution in [2.45, 2.75) is 26.3 Å². The highest BCUT2D eigenvalue weighted by atomic mass is 16.5. The van der Waals surface area contributed by atoms with E-state index in [1.165, 1.54) is 0 Å². The van der Waals surface area contributed by atoms with Crippen molar-refractivity contribution < 1.29 is 14.3 Å². The van der Waals surface area contributed by atoms with Gasteiger partial charge < -0.3 is 15.4 Å². The van der Waals surface area contributed by atoms with Crippen molar-refractivity contribution >= 4 is 17.5 Å². The van der Waals surface area contributed by atoms with E-state index < -0.39 is 0 Å². The van der Waals surface area contributed by atoms with Crippen molar-refractivity contribution in [2.24, 2.45) is 0 Å². The van der Waals surface area contributed by atoms with Crippen LogP contribution in [0.5, 0.6) is 5.75 Å². The lowest BCUT2D eigenvalue weighted by Gasteiger charge is -2.12. The highest BCUT2D eigenvalue weighted by Crippen LogP contribution is 2.14. The van der Waals surface area contributed by atoms with E-state index in [1.54, 1.807) is 55.6 Å². The third-order valence-electron chi connectivity index (χ3n) is 3.75. The van der Waals surface area contributed by atoms with Gasteiger partial charge in [-0.2, -0.15) is 0 Å². The van der Waals surface area contributed by atoms with E-state index in [0.717, 1.165) is 6.42 Å². The van der Waals surface area contributed by atoms with E-state index in [4.69, 9.17) is 4.74 Å². The highest BCUT2D eigenvalue weighted by Gasteiger charge is 2.10. The lowest BCUT2D eigenvalue weighted by molar-refractivity contribution is 0.0938. The van der Waals surface area contributed by atoms with Crippen molar-refractivity contribution in [2.75, 3.05) is 12.4 Å². The molecule has 0 saturated heterocycles. The largest absolute Gasteiger partial charge is 0.497 e. The number of amides is 2. The monoisotopic (exact) mass is 326 g/mol. The summed E-state index contributed by atoms with van der Waals surface area (Å²) < 4.78 is 5.07. The first-order valence-corrected chi connectivity index (χ1v) is 7.89. The summed E-state index contributed by atoms with van der Waals surface area (Å²) in [7, 11) is 1.58. The summed E-state index contributed by atoms with van der Waals surface area (Å²) in [4.78, 5) is 24.2. The maximum Gasteiger partial charge on any atom is 0.255 e. The Balaban J connectivity index is 2.00. The average Bonchev–Trinajstić information content (AvgIpc) is 2.62. The van der Waals surface area contributed by atoms with Crippen molar-refractivity contribution in [3.63, 3.8) is 0 Å². The molecule has 2 aromatic carbocycles. The molecule has 0 radical (unpaired) electrons. The number of rotatable bonds is 6. The van der Waals surface area contributed by atoms with Gasteiger partial charge in [0.25, 0.3) is 11.8 Å². The average molecular weight is 326 g/mol. The molecule has 1 unspecified atom stereocenters. The normalized spacial score (nSPS) is 11.5. The molecule has 126 valence electrons. The summed E-state index contributed by atoms with van der Waals surface area (Å²) in [6, 6.07) is 13.8. The second-order valence-electron chi connectivity index (χ2n) is 5.54. The molecule has 2 aromatic rings. The van der Waals surface area contributed by atoms with Crippen molar-refractivity contribution in [3.05, 3.63) is 59.7 Å². The van der Waals surface area contributed by atoms with Crippen LogP contribution >= 0.6 is 0 Å². The molecule has 0 saturated carbocycles. The fourth-order valence-corrected chi connectivity index (χ4v) is 2.06. The number of methoxy groups -OCH3 is 1. The van der Waals surface area contributed by atoms with E-state index >= 15 is 0 Å². The number of hydrogen-bond acceptors (Lipinski definition) is 3. The van der Waals surface area contributed by atoms with Crippen molar-refractivity contribution in [3.8, 4) is 5.75 Å². The summed E-state index contributed by atoms with van der Waals surface area (Å²) in [5.41, 5.74) is 1.74. The Morgan fingerprint density at radius 1 is 0.958 bits per heavy atom. The van der Waals surface area contributed by atoms with Crippen LogP contribution in [0.25, 0.3) is 0 Å². The fourth-order valence-electron chi connectivity index (χ4n) is 2.06. The number of benzene rings is 2. The lowest BCUT2D eigenvalue weighted by Crippen LogP contribution is -2.31. The van der Waals surface area contributed by atoms with Crippen LogP contribution in [0.2, 0.25) is 0 Å². The molecule has 1 atom stereocenters. The van der Waals surface area contributed by atoms with Gasteiger partial charge in [0.15, 0.2) is 0 Å². The molecule has 0 aromatic heterocycles. The third-order valence-corrected chi connectivity index (χ3v) is 3.75. The third kappa shape index (κ3) is 4.59. The van der Waals surface area contributed by atoms with Crippen LogP contribution in [-0.4, -0.2) is 25.0 Å². The number of hydrogen-bond donors (Lipinski definition) is 2. The Kier molecular flexibility index (Phi) is 5.95. The second-order valence-corrected chi connectivity index (χ2v) is 5.54. The molecule has 0 aliphatic heterocycles. The molecule has 2 rings (SSSR count). The van der Waals surface area contributed by atoms with Gasteiger partial charge in [-0.15, -0.1) is 0 Å². The minimum atomic E-state index is -0.213. The van der Waals surface area contributed by atoms with E-state index in [-0.39, 0.29) is 17.9 Å². The second kappa shape index (κ2) is 8.15. The number of anilines is 1. The van der Waals surface area contributed by atoms with Crippen molar-refractivity contribution in [1.82, 2.24) is 5.32 Å². The molecule has 0 heterocycles. The molecule has 0 aliphatic carbocycles. The Morgan fingerprint density at radius 3 is 2.04 bits per heavy atom. The van der Waals surface area contributed by atoms with Crippen LogP contribution in [0, 0.1) is 0 Å². The van der Waals surface area contributed by atoms with Gasteiger partial charge in [-0.1, -0.05) is 6.92 Å². The van der Waals surface area contributed by atoms with Crippen LogP contribution < -0.4 is 15.4 Å². The topological polar surface area (TPSA) is 67.4 Å². The number of carbonyl (C=O) groups is 2. The smallest absolute Gasteiger partial charge is 0.255 e. The Bertz CT molecular complexity index is 694. The Labute approximate surface area is 142 Å². The maximum absolute atomic E-state index is 12.2. The fraction of sp³-hybridized carbons (Fsp3) is 0.263. The van der Waals surface area contributed by atoms with Gasteiger partial charge in [0, 0.05) is 22.9 Å². The predicted molar refractivity (Wildman–Crippen MR) is 94.6 cm³/mol. The molecule has 0 aliphatic rings. The van der Waals surface area contributed by atoms with Gasteiger partial charge in [0.2, 0.25) is 0 Å². The minimum absolute atomic E-state index is 0.114. The number of carbonyl (C=O) groups excluding carboxylic acids is 2. The van der Waals surface area contributed by atoms with Gasteiger partial charge in [0.05, 0.1) is 7.11 Å². The van der Waals surface area contributed by atoms with Gasteiger partial charge >= 0.3 is 0 Å². The summed E-state index contributed by atoms with van der Waals surface area (Å²) in [6.07, 6.45) is 0.877. The highest BCUT2D eigenvalue weighted by molar-refractivity contribution is 6.04. The van der Waals surface area contributed by atoms with Gasteiger partial charge in [-0.25, -0.2) is 0 Å². The van der Waals surface area contributed by atoms with Crippen LogP contribution in [0.1, 0.15) is 41.0 Å². The zero-order valence-corrected chi connectivity index (χ0v) is 14.1. The first-order chi connectivity index (χ1) is 11.5. The summed E-state index contributed by atoms with van der Waals surface area (Å²) >= 11 is 0. The van der Waals surface area contributed by atoms with E-state index in [9.17, 15) is 9.59 Å². The Morgan fingerprint density at radius 2 is 1.50 bits per heavy atom.